The smallest absolute Gasteiger partial charge is 0.387 e. The van der Waals surface area contributed by atoms with Crippen molar-refractivity contribution in [3.63, 3.8) is 0 Å². The molecule has 4 N–H and O–H groups in total. The molecule has 0 fully saturated rings. The van der Waals surface area contributed by atoms with Crippen molar-refractivity contribution in [2.45, 2.75) is 6.61 Å². The molecule has 21 heavy (non-hydrogen) atoms. The Morgan fingerprint density at radius 1 is 1.24 bits per heavy atom. The van der Waals surface area contributed by atoms with Gasteiger partial charge in [-0.05, 0) is 12.1 Å². The fourth-order valence-corrected chi connectivity index (χ4v) is 1.71. The Kier molecular flexibility index (Phi) is 3.80. The molecule has 0 saturated heterocycles. The molecule has 0 bridgehead atoms. The second-order valence-electron chi connectivity index (χ2n) is 3.80. The van der Waals surface area contributed by atoms with Gasteiger partial charge >= 0.3 is 6.61 Å². The van der Waals surface area contributed by atoms with E-state index in [2.05, 4.69) is 14.7 Å². The van der Waals surface area contributed by atoms with Crippen LogP contribution in [0.1, 0.15) is 5.56 Å². The van der Waals surface area contributed by atoms with Crippen LogP contribution in [-0.2, 0) is 0 Å². The molecule has 6 nitrogen and oxygen atoms in total. The van der Waals surface area contributed by atoms with E-state index < -0.39 is 18.2 Å². The predicted octanol–water partition coefficient (Wildman–Crippen LogP) is 1.92. The number of nitrogens with two attached hydrogens (primary N) is 2. The van der Waals surface area contributed by atoms with E-state index >= 15 is 0 Å². The summed E-state index contributed by atoms with van der Waals surface area (Å²) in [6.45, 7) is -3.25. The molecule has 2 aromatic rings. The van der Waals surface area contributed by atoms with Crippen LogP contribution in [0.15, 0.2) is 18.2 Å². The standard InChI is InChI=1S/C12H8F3N5O/c13-7-3-1-2-5(9(7)21-11(14)15)8-6(4-16)10(17)20-12(18)19-8/h1-3,11H,(H4,17,18,19,20). The van der Waals surface area contributed by atoms with Gasteiger partial charge in [-0.15, -0.1) is 0 Å². The van der Waals surface area contributed by atoms with Gasteiger partial charge < -0.3 is 16.2 Å². The van der Waals surface area contributed by atoms with Gasteiger partial charge in [-0.25, -0.2) is 9.37 Å². The Hall–Kier alpha value is -3.02. The lowest BCUT2D eigenvalue weighted by Gasteiger charge is -2.12. The number of halogens is 3. The third kappa shape index (κ3) is 2.79. The van der Waals surface area contributed by atoms with Gasteiger partial charge in [0.2, 0.25) is 5.95 Å². The average molecular weight is 295 g/mol. The maximum atomic E-state index is 13.7. The fourth-order valence-electron chi connectivity index (χ4n) is 1.71. The first-order valence-corrected chi connectivity index (χ1v) is 5.50. The zero-order valence-corrected chi connectivity index (χ0v) is 10.3. The molecule has 0 aliphatic rings. The number of hydrogen-bond donors (Lipinski definition) is 2. The quantitative estimate of drug-likeness (QED) is 0.894. The molecule has 2 rings (SSSR count). The highest BCUT2D eigenvalue weighted by Gasteiger charge is 2.21. The lowest BCUT2D eigenvalue weighted by atomic mass is 10.1. The van der Waals surface area contributed by atoms with Crippen LogP contribution >= 0.6 is 0 Å². The molecule has 1 aromatic carbocycles. The summed E-state index contributed by atoms with van der Waals surface area (Å²) in [4.78, 5) is 7.34. The molecule has 1 heterocycles. The van der Waals surface area contributed by atoms with E-state index in [4.69, 9.17) is 16.7 Å². The molecule has 1 aromatic heterocycles. The van der Waals surface area contributed by atoms with E-state index in [1.54, 1.807) is 6.07 Å². The van der Waals surface area contributed by atoms with E-state index in [0.717, 1.165) is 6.07 Å². The number of benzene rings is 1. The molecule has 9 heteroatoms. The van der Waals surface area contributed by atoms with Crippen LogP contribution in [0.2, 0.25) is 0 Å². The normalized spacial score (nSPS) is 10.4. The highest BCUT2D eigenvalue weighted by molar-refractivity contribution is 5.77. The molecule has 0 aliphatic carbocycles. The number of nitrogens with zero attached hydrogens (tertiary/aromatic N) is 3. The van der Waals surface area contributed by atoms with Crippen molar-refractivity contribution in [3.05, 3.63) is 29.6 Å². The Labute approximate surface area is 116 Å². The summed E-state index contributed by atoms with van der Waals surface area (Å²) in [5.74, 6) is -2.31. The number of para-hydroxylation sites is 1. The number of ether oxygens (including phenoxy) is 1. The zero-order chi connectivity index (χ0) is 15.6. The molecule has 0 radical (unpaired) electrons. The highest BCUT2D eigenvalue weighted by atomic mass is 19.3. The summed E-state index contributed by atoms with van der Waals surface area (Å²) in [5.41, 5.74) is 10.4. The minimum atomic E-state index is -3.25. The van der Waals surface area contributed by atoms with Crippen molar-refractivity contribution >= 4 is 11.8 Å². The number of hydrogen-bond acceptors (Lipinski definition) is 6. The third-order valence-electron chi connectivity index (χ3n) is 2.50. The van der Waals surface area contributed by atoms with Gasteiger partial charge in [-0.1, -0.05) is 6.07 Å². The lowest BCUT2D eigenvalue weighted by Crippen LogP contribution is -2.08. The van der Waals surface area contributed by atoms with Crippen LogP contribution in [0.25, 0.3) is 11.3 Å². The van der Waals surface area contributed by atoms with E-state index in [1.807, 2.05) is 0 Å². The first kappa shape index (κ1) is 14.4. The third-order valence-corrected chi connectivity index (χ3v) is 2.50. The van der Waals surface area contributed by atoms with Crippen LogP contribution in [0.4, 0.5) is 24.9 Å². The van der Waals surface area contributed by atoms with Crippen LogP contribution in [-0.4, -0.2) is 16.6 Å². The number of nitriles is 1. The van der Waals surface area contributed by atoms with Crippen molar-refractivity contribution in [3.8, 4) is 23.1 Å². The summed E-state index contributed by atoms with van der Waals surface area (Å²) in [7, 11) is 0. The van der Waals surface area contributed by atoms with Crippen molar-refractivity contribution in [2.24, 2.45) is 0 Å². The lowest BCUT2D eigenvalue weighted by molar-refractivity contribution is -0.0517. The largest absolute Gasteiger partial charge is 0.431 e. The van der Waals surface area contributed by atoms with Crippen LogP contribution < -0.4 is 16.2 Å². The fraction of sp³-hybridized carbons (Fsp3) is 0.0833. The summed E-state index contributed by atoms with van der Waals surface area (Å²) in [6, 6.07) is 5.15. The molecule has 108 valence electrons. The Bertz CT molecular complexity index is 730. The maximum absolute atomic E-state index is 13.7. The number of alkyl halides is 2. The van der Waals surface area contributed by atoms with Crippen molar-refractivity contribution in [1.82, 2.24) is 9.97 Å². The number of anilines is 2. The molecule has 0 amide bonds. The van der Waals surface area contributed by atoms with E-state index in [0.29, 0.717) is 0 Å². The van der Waals surface area contributed by atoms with Gasteiger partial charge in [0.15, 0.2) is 11.6 Å². The van der Waals surface area contributed by atoms with Crippen molar-refractivity contribution in [2.75, 3.05) is 11.5 Å². The van der Waals surface area contributed by atoms with Gasteiger partial charge in [-0.3, -0.25) is 0 Å². The molecular formula is C12H8F3N5O. The second-order valence-corrected chi connectivity index (χ2v) is 3.80. The maximum Gasteiger partial charge on any atom is 0.387 e. The number of aromatic nitrogens is 2. The summed E-state index contributed by atoms with van der Waals surface area (Å²) in [5, 5.41) is 9.06. The first-order chi connectivity index (χ1) is 9.93. The molecule has 0 aliphatic heterocycles. The van der Waals surface area contributed by atoms with Crippen LogP contribution in [0.3, 0.4) is 0 Å². The van der Waals surface area contributed by atoms with Gasteiger partial charge in [0.25, 0.3) is 0 Å². The van der Waals surface area contributed by atoms with Crippen molar-refractivity contribution in [1.29, 1.82) is 5.26 Å². The van der Waals surface area contributed by atoms with Gasteiger partial charge in [-0.2, -0.15) is 19.0 Å². The average Bonchev–Trinajstić information content (AvgIpc) is 2.40. The van der Waals surface area contributed by atoms with Gasteiger partial charge in [0.1, 0.15) is 17.5 Å². The molecular weight excluding hydrogens is 287 g/mol. The van der Waals surface area contributed by atoms with E-state index in [1.165, 1.54) is 12.1 Å². The SMILES string of the molecule is N#Cc1c(N)nc(N)nc1-c1cccc(F)c1OC(F)F. The number of nitrogen functional groups attached to an aromatic ring is 2. The Balaban J connectivity index is 2.73. The Morgan fingerprint density at radius 2 is 1.95 bits per heavy atom. The van der Waals surface area contributed by atoms with E-state index in [-0.39, 0.29) is 28.6 Å². The summed E-state index contributed by atoms with van der Waals surface area (Å²) < 4.78 is 42.6. The van der Waals surface area contributed by atoms with Gasteiger partial charge in [0.05, 0.1) is 5.69 Å². The predicted molar refractivity (Wildman–Crippen MR) is 67.6 cm³/mol. The topological polar surface area (TPSA) is 111 Å². The summed E-state index contributed by atoms with van der Waals surface area (Å²) in [6.07, 6.45) is 0. The van der Waals surface area contributed by atoms with Crippen LogP contribution in [0, 0.1) is 17.1 Å². The molecule has 0 atom stereocenters. The van der Waals surface area contributed by atoms with E-state index in [9.17, 15) is 13.2 Å². The first-order valence-electron chi connectivity index (χ1n) is 5.50. The number of rotatable bonds is 3. The molecule has 0 unspecified atom stereocenters. The molecule has 0 spiro atoms. The minimum Gasteiger partial charge on any atom is -0.431 e. The van der Waals surface area contributed by atoms with Crippen molar-refractivity contribution < 1.29 is 17.9 Å². The second kappa shape index (κ2) is 5.54. The Morgan fingerprint density at radius 3 is 2.57 bits per heavy atom. The zero-order valence-electron chi connectivity index (χ0n) is 10.3. The minimum absolute atomic E-state index is 0.173. The van der Waals surface area contributed by atoms with Gasteiger partial charge in [0, 0.05) is 5.56 Å². The molecule has 0 saturated carbocycles. The monoisotopic (exact) mass is 295 g/mol. The highest BCUT2D eigenvalue weighted by Crippen LogP contribution is 2.35. The van der Waals surface area contributed by atoms with Crippen LogP contribution in [0.5, 0.6) is 5.75 Å². The summed E-state index contributed by atoms with van der Waals surface area (Å²) >= 11 is 0.